The molecule has 0 fully saturated rings. The van der Waals surface area contributed by atoms with Gasteiger partial charge in [0.25, 0.3) is 0 Å². The number of nitrogens with one attached hydrogen (secondary N) is 5. The second kappa shape index (κ2) is 21.3. The highest BCUT2D eigenvalue weighted by Crippen LogP contribution is 2.32. The van der Waals surface area contributed by atoms with Gasteiger partial charge in [0, 0.05) is 43.4 Å². The molecule has 3 rings (SSSR count). The van der Waals surface area contributed by atoms with E-state index >= 15 is 0 Å². The summed E-state index contributed by atoms with van der Waals surface area (Å²) in [5, 5.41) is 12.1. The van der Waals surface area contributed by atoms with Crippen molar-refractivity contribution in [1.82, 2.24) is 31.2 Å². The van der Waals surface area contributed by atoms with Crippen LogP contribution in [-0.2, 0) is 34.8 Å². The van der Waals surface area contributed by atoms with Crippen LogP contribution in [-0.4, -0.2) is 101 Å². The summed E-state index contributed by atoms with van der Waals surface area (Å²) in [6.45, 7) is 14.2. The highest BCUT2D eigenvalue weighted by Gasteiger charge is 2.36. The number of alkyl carbamates (subject to hydrolysis) is 3. The van der Waals surface area contributed by atoms with Crippen molar-refractivity contribution in [2.45, 2.75) is 109 Å². The molecule has 6 amide bonds. The number of carbonyl (C=O) groups is 6. The molecule has 5 N–H and O–H groups in total. The van der Waals surface area contributed by atoms with Crippen molar-refractivity contribution in [3.05, 3.63) is 71.9 Å². The van der Waals surface area contributed by atoms with E-state index in [0.717, 1.165) is 24.3 Å². The molecule has 20 heteroatoms. The third kappa shape index (κ3) is 17.7. The first-order chi connectivity index (χ1) is 28.6. The molecule has 62 heavy (non-hydrogen) atoms. The van der Waals surface area contributed by atoms with Crippen LogP contribution >= 0.6 is 12.6 Å². The van der Waals surface area contributed by atoms with Crippen LogP contribution in [0.2, 0.25) is 0 Å². The van der Waals surface area contributed by atoms with Crippen LogP contribution in [0.4, 0.5) is 33.2 Å². The molecule has 0 saturated heterocycles. The van der Waals surface area contributed by atoms with E-state index in [-0.39, 0.29) is 37.4 Å². The largest absolute Gasteiger partial charge is 0.444 e. The lowest BCUT2D eigenvalue weighted by Gasteiger charge is -2.29. The molecule has 0 aliphatic carbocycles. The third-order valence-electron chi connectivity index (χ3n) is 8.18. The molecule has 3 atom stereocenters. The monoisotopic (exact) mass is 891 g/mol. The molecule has 0 saturated carbocycles. The fourth-order valence-electron chi connectivity index (χ4n) is 5.52. The average Bonchev–Trinajstić information content (AvgIpc) is 3.13. The van der Waals surface area contributed by atoms with Gasteiger partial charge in [-0.1, -0.05) is 18.2 Å². The van der Waals surface area contributed by atoms with Crippen LogP contribution < -0.4 is 26.6 Å². The molecule has 1 aromatic heterocycles. The van der Waals surface area contributed by atoms with Crippen LogP contribution in [0.25, 0.3) is 10.9 Å². The van der Waals surface area contributed by atoms with Gasteiger partial charge < -0.3 is 45.7 Å². The third-order valence-corrected chi connectivity index (χ3v) is 8.78. The number of nitrogens with zero attached hydrogens (tertiary/aromatic N) is 2. The maximum Gasteiger partial charge on any atom is 0.416 e. The number of alkyl halides is 3. The van der Waals surface area contributed by atoms with Gasteiger partial charge in [0.1, 0.15) is 28.9 Å². The first kappa shape index (κ1) is 50.6. The zero-order chi connectivity index (χ0) is 46.6. The first-order valence-corrected chi connectivity index (χ1v) is 20.1. The van der Waals surface area contributed by atoms with Gasteiger partial charge in [-0.15, -0.1) is 0 Å². The van der Waals surface area contributed by atoms with E-state index in [0.29, 0.717) is 10.9 Å². The molecule has 0 radical (unpaired) electrons. The van der Waals surface area contributed by atoms with Crippen molar-refractivity contribution >= 4 is 65.2 Å². The molecule has 0 spiro atoms. The summed E-state index contributed by atoms with van der Waals surface area (Å²) in [7, 11) is 0. The fraction of sp³-hybridized carbons (Fsp3) is 0.500. The summed E-state index contributed by atoms with van der Waals surface area (Å²) < 4.78 is 56.3. The van der Waals surface area contributed by atoms with Crippen LogP contribution in [0.15, 0.2) is 60.8 Å². The Hall–Kier alpha value is -5.79. The number of pyridine rings is 1. The van der Waals surface area contributed by atoms with E-state index in [1.54, 1.807) is 98.8 Å². The lowest BCUT2D eigenvalue weighted by atomic mass is 10.0. The number of fused-ring (bicyclic) bond motifs is 1. The topological polar surface area (TPSA) is 206 Å². The number of anilines is 1. The Balaban J connectivity index is 1.97. The highest BCUT2D eigenvalue weighted by atomic mass is 32.1. The minimum Gasteiger partial charge on any atom is -0.444 e. The molecule has 340 valence electrons. The number of benzene rings is 2. The zero-order valence-electron chi connectivity index (χ0n) is 36.2. The Morgan fingerprint density at radius 1 is 0.710 bits per heavy atom. The Morgan fingerprint density at radius 3 is 1.76 bits per heavy atom. The van der Waals surface area contributed by atoms with Gasteiger partial charge in [-0.05, 0) is 104 Å². The van der Waals surface area contributed by atoms with Gasteiger partial charge in [-0.2, -0.15) is 25.8 Å². The summed E-state index contributed by atoms with van der Waals surface area (Å²) in [4.78, 5) is 85.7. The summed E-state index contributed by atoms with van der Waals surface area (Å²) in [5.74, 6) is -2.64. The predicted octanol–water partition coefficient (Wildman–Crippen LogP) is 6.51. The number of thiol groups is 1. The van der Waals surface area contributed by atoms with Crippen molar-refractivity contribution in [3.8, 4) is 0 Å². The van der Waals surface area contributed by atoms with E-state index in [9.17, 15) is 41.9 Å². The number of halogens is 3. The van der Waals surface area contributed by atoms with E-state index in [1.165, 1.54) is 4.90 Å². The van der Waals surface area contributed by atoms with Gasteiger partial charge >= 0.3 is 24.5 Å². The van der Waals surface area contributed by atoms with Crippen LogP contribution in [0.3, 0.4) is 0 Å². The van der Waals surface area contributed by atoms with Crippen LogP contribution in [0.5, 0.6) is 0 Å². The Kier molecular flexibility index (Phi) is 17.4. The predicted molar refractivity (Wildman–Crippen MR) is 228 cm³/mol. The second-order valence-electron chi connectivity index (χ2n) is 17.1. The highest BCUT2D eigenvalue weighted by molar-refractivity contribution is 7.80. The Morgan fingerprint density at radius 2 is 1.24 bits per heavy atom. The van der Waals surface area contributed by atoms with Gasteiger partial charge in [0.05, 0.1) is 22.8 Å². The molecule has 0 bridgehead atoms. The average molecular weight is 892 g/mol. The van der Waals surface area contributed by atoms with E-state index < -0.39 is 88.3 Å². The quantitative estimate of drug-likeness (QED) is 0.0721. The van der Waals surface area contributed by atoms with Gasteiger partial charge in [0.2, 0.25) is 17.7 Å². The van der Waals surface area contributed by atoms with Gasteiger partial charge in [0.15, 0.2) is 0 Å². The number of hydrogen-bond donors (Lipinski definition) is 6. The minimum atomic E-state index is -4.65. The summed E-state index contributed by atoms with van der Waals surface area (Å²) in [5.41, 5.74) is -2.59. The lowest BCUT2D eigenvalue weighted by molar-refractivity contribution is -0.137. The molecule has 0 aliphatic rings. The molecule has 1 heterocycles. The van der Waals surface area contributed by atoms with Crippen molar-refractivity contribution in [2.75, 3.05) is 31.5 Å². The van der Waals surface area contributed by atoms with E-state index in [1.807, 2.05) is 0 Å². The normalized spacial score (nSPS) is 13.4. The van der Waals surface area contributed by atoms with Crippen LogP contribution in [0.1, 0.15) is 85.1 Å². The van der Waals surface area contributed by atoms with Gasteiger partial charge in [-0.3, -0.25) is 19.4 Å². The molecule has 2 aromatic carbocycles. The maximum atomic E-state index is 14.3. The number of carbonyl (C=O) groups excluding carboxylic acids is 6. The number of ether oxygens (including phenoxy) is 3. The SMILES string of the molecule is CC(C)(C)OC(=O)NCCN(CCNC(=O)OC(C)(C)C)C(=O)C[C@H](NC(=O)OC(C)(C)C)C(=O)N[C@H](C(=O)Nc1ccc2ncccc2c1)[C@@H](S)c1ccc(C(F)(F)F)cc1. The molecule has 3 aromatic rings. The molecule has 16 nitrogen and oxygen atoms in total. The van der Waals surface area contributed by atoms with Gasteiger partial charge in [-0.25, -0.2) is 14.4 Å². The number of amides is 6. The van der Waals surface area contributed by atoms with Crippen molar-refractivity contribution in [2.24, 2.45) is 0 Å². The summed E-state index contributed by atoms with van der Waals surface area (Å²) in [6, 6.07) is 8.80. The van der Waals surface area contributed by atoms with Crippen LogP contribution in [0, 0.1) is 0 Å². The molecule has 0 aliphatic heterocycles. The molecular weight excluding hydrogens is 836 g/mol. The molecule has 0 unspecified atom stereocenters. The maximum absolute atomic E-state index is 14.3. The fourth-order valence-corrected chi connectivity index (χ4v) is 5.90. The summed E-state index contributed by atoms with van der Waals surface area (Å²) >= 11 is 4.58. The smallest absolute Gasteiger partial charge is 0.416 e. The number of aromatic nitrogens is 1. The standard InChI is InChI=1S/C42H56F3N7O9S/c1-39(2,3)59-36(56)47-19-21-52(22-20-48-37(57)60-40(4,5)6)31(53)24-30(50-38(58)61-41(7,8)9)34(54)51-32(33(62)25-12-14-27(15-13-25)42(43,44)45)35(55)49-28-16-17-29-26(23-28)11-10-18-46-29/h10-18,23,30,32-33,62H,19-22,24H2,1-9H3,(H,47,56)(H,48,57)(H,49,55)(H,50,58)(H,51,54)/t30-,32-,33-/m0/s1. The molecular formula is C42H56F3N7O9S. The lowest BCUT2D eigenvalue weighted by Crippen LogP contribution is -2.56. The Bertz CT molecular complexity index is 2020. The van der Waals surface area contributed by atoms with Crippen molar-refractivity contribution < 1.29 is 56.1 Å². The number of rotatable bonds is 15. The number of hydrogen-bond acceptors (Lipinski definition) is 11. The van der Waals surface area contributed by atoms with Crippen molar-refractivity contribution in [3.63, 3.8) is 0 Å². The Labute approximate surface area is 364 Å². The van der Waals surface area contributed by atoms with E-state index in [4.69, 9.17) is 14.2 Å². The summed E-state index contributed by atoms with van der Waals surface area (Å²) in [6.07, 6.45) is -6.41. The first-order valence-electron chi connectivity index (χ1n) is 19.6. The van der Waals surface area contributed by atoms with E-state index in [2.05, 4.69) is 44.2 Å². The zero-order valence-corrected chi connectivity index (χ0v) is 37.1. The minimum absolute atomic E-state index is 0.120. The van der Waals surface area contributed by atoms with Crippen molar-refractivity contribution in [1.29, 1.82) is 0 Å². The second-order valence-corrected chi connectivity index (χ2v) is 17.6.